The van der Waals surface area contributed by atoms with Gasteiger partial charge in [-0.3, -0.25) is 4.55 Å². The fourth-order valence-electron chi connectivity index (χ4n) is 0.902. The fraction of sp³-hybridized carbons (Fsp3) is 0.333. The summed E-state index contributed by atoms with van der Waals surface area (Å²) < 4.78 is 35.3. The topological polar surface area (TPSA) is 63.6 Å². The SMILES string of the molecule is CCC(Oc1[c]cc[c]c1)S(=O)(=O)O. The highest BCUT2D eigenvalue weighted by molar-refractivity contribution is 7.86. The van der Waals surface area contributed by atoms with Crippen LogP contribution >= 0.6 is 0 Å². The quantitative estimate of drug-likeness (QED) is 0.767. The Bertz CT molecular complexity index is 371. The molecule has 1 aromatic rings. The van der Waals surface area contributed by atoms with E-state index < -0.39 is 15.6 Å². The van der Waals surface area contributed by atoms with Gasteiger partial charge < -0.3 is 4.74 Å². The summed E-state index contributed by atoms with van der Waals surface area (Å²) >= 11 is 0. The summed E-state index contributed by atoms with van der Waals surface area (Å²) in [6, 6.07) is 10.00. The summed E-state index contributed by atoms with van der Waals surface area (Å²) in [7, 11) is -4.17. The number of hydrogen-bond donors (Lipinski definition) is 1. The second-order valence-corrected chi connectivity index (χ2v) is 4.18. The van der Waals surface area contributed by atoms with Crippen LogP contribution in [0.25, 0.3) is 0 Å². The van der Waals surface area contributed by atoms with Gasteiger partial charge in [0.15, 0.2) is 0 Å². The van der Waals surface area contributed by atoms with Crippen molar-refractivity contribution >= 4 is 10.1 Å². The van der Waals surface area contributed by atoms with E-state index in [1.165, 1.54) is 6.07 Å². The second-order valence-electron chi connectivity index (χ2n) is 2.62. The van der Waals surface area contributed by atoms with E-state index in [0.29, 0.717) is 0 Å². The van der Waals surface area contributed by atoms with Gasteiger partial charge in [0, 0.05) is 6.07 Å². The standard InChI is InChI=1S/C9H10O4S/c1-2-9(14(10,11)12)13-8-6-4-3-5-7-8/h3-4,7,9H,2H2,1H3,(H,10,11,12). The van der Waals surface area contributed by atoms with Crippen molar-refractivity contribution in [2.75, 3.05) is 0 Å². The van der Waals surface area contributed by atoms with Crippen molar-refractivity contribution in [2.24, 2.45) is 0 Å². The molecule has 0 spiro atoms. The zero-order valence-electron chi connectivity index (χ0n) is 7.60. The molecule has 2 radical (unpaired) electrons. The van der Waals surface area contributed by atoms with E-state index in [0.717, 1.165) is 0 Å². The molecule has 1 unspecified atom stereocenters. The molecule has 1 rings (SSSR count). The molecule has 14 heavy (non-hydrogen) atoms. The third-order valence-corrected chi connectivity index (χ3v) is 2.64. The Kier molecular flexibility index (Phi) is 3.49. The molecule has 0 fully saturated rings. The minimum absolute atomic E-state index is 0.168. The molecule has 0 amide bonds. The Hall–Kier alpha value is -1.07. The van der Waals surface area contributed by atoms with Gasteiger partial charge in [-0.25, -0.2) is 0 Å². The molecular formula is C9H10O4S. The molecule has 4 nitrogen and oxygen atoms in total. The lowest BCUT2D eigenvalue weighted by Crippen LogP contribution is -2.25. The molecule has 0 aliphatic heterocycles. The Morgan fingerprint density at radius 3 is 2.71 bits per heavy atom. The molecule has 0 bridgehead atoms. The van der Waals surface area contributed by atoms with Gasteiger partial charge in [0.05, 0.1) is 0 Å². The number of hydrogen-bond acceptors (Lipinski definition) is 3. The van der Waals surface area contributed by atoms with Crippen LogP contribution < -0.4 is 4.74 Å². The summed E-state index contributed by atoms with van der Waals surface area (Å²) in [4.78, 5) is 0. The first-order valence-corrected chi connectivity index (χ1v) is 5.55. The Balaban J connectivity index is 2.77. The molecule has 0 saturated carbocycles. The van der Waals surface area contributed by atoms with E-state index in [1.54, 1.807) is 19.1 Å². The highest BCUT2D eigenvalue weighted by Gasteiger charge is 2.22. The van der Waals surface area contributed by atoms with Crippen molar-refractivity contribution in [3.8, 4) is 5.75 Å². The Labute approximate surface area is 83.3 Å². The Morgan fingerprint density at radius 1 is 1.57 bits per heavy atom. The lowest BCUT2D eigenvalue weighted by molar-refractivity contribution is 0.252. The van der Waals surface area contributed by atoms with Gasteiger partial charge in [-0.2, -0.15) is 8.42 Å². The van der Waals surface area contributed by atoms with E-state index in [2.05, 4.69) is 12.1 Å². The molecular weight excluding hydrogens is 204 g/mol. The average molecular weight is 214 g/mol. The van der Waals surface area contributed by atoms with Gasteiger partial charge >= 0.3 is 10.1 Å². The lowest BCUT2D eigenvalue weighted by atomic mass is 10.3. The van der Waals surface area contributed by atoms with Crippen molar-refractivity contribution in [1.29, 1.82) is 0 Å². The highest BCUT2D eigenvalue weighted by Crippen LogP contribution is 2.14. The largest absolute Gasteiger partial charge is 0.471 e. The third kappa shape index (κ3) is 3.01. The molecule has 5 heteroatoms. The van der Waals surface area contributed by atoms with Gasteiger partial charge in [0.2, 0.25) is 5.44 Å². The van der Waals surface area contributed by atoms with Gasteiger partial charge in [0.1, 0.15) is 5.75 Å². The van der Waals surface area contributed by atoms with Crippen LogP contribution in [-0.2, 0) is 10.1 Å². The van der Waals surface area contributed by atoms with Gasteiger partial charge in [-0.15, -0.1) is 0 Å². The van der Waals surface area contributed by atoms with E-state index >= 15 is 0 Å². The van der Waals surface area contributed by atoms with Gasteiger partial charge in [0.25, 0.3) is 0 Å². The van der Waals surface area contributed by atoms with E-state index in [-0.39, 0.29) is 12.2 Å². The van der Waals surface area contributed by atoms with Gasteiger partial charge in [-0.05, 0) is 24.6 Å². The van der Waals surface area contributed by atoms with Crippen LogP contribution in [0.4, 0.5) is 0 Å². The van der Waals surface area contributed by atoms with Crippen molar-refractivity contribution in [1.82, 2.24) is 0 Å². The van der Waals surface area contributed by atoms with Crippen LogP contribution in [0.15, 0.2) is 18.2 Å². The van der Waals surface area contributed by atoms with Gasteiger partial charge in [-0.1, -0.05) is 13.0 Å². The zero-order valence-corrected chi connectivity index (χ0v) is 8.41. The first kappa shape index (κ1) is 11.0. The van der Waals surface area contributed by atoms with Crippen molar-refractivity contribution in [3.63, 3.8) is 0 Å². The van der Waals surface area contributed by atoms with Crippen molar-refractivity contribution in [3.05, 3.63) is 30.3 Å². The molecule has 0 aromatic heterocycles. The fourth-order valence-corrected chi connectivity index (χ4v) is 1.55. The minimum Gasteiger partial charge on any atom is -0.471 e. The second kappa shape index (κ2) is 4.43. The molecule has 0 aliphatic carbocycles. The molecule has 0 heterocycles. The maximum atomic E-state index is 10.8. The number of ether oxygens (including phenoxy) is 1. The average Bonchev–Trinajstić information content (AvgIpc) is 2.14. The maximum Gasteiger partial charge on any atom is 0.303 e. The van der Waals surface area contributed by atoms with Crippen LogP contribution in [0.2, 0.25) is 0 Å². The number of rotatable bonds is 4. The highest BCUT2D eigenvalue weighted by atomic mass is 32.2. The summed E-state index contributed by atoms with van der Waals surface area (Å²) in [6.07, 6.45) is 0.168. The predicted octanol–water partition coefficient (Wildman–Crippen LogP) is 1.29. The van der Waals surface area contributed by atoms with Crippen molar-refractivity contribution < 1.29 is 17.7 Å². The molecule has 1 atom stereocenters. The minimum atomic E-state index is -4.17. The Morgan fingerprint density at radius 2 is 2.29 bits per heavy atom. The molecule has 1 aromatic carbocycles. The van der Waals surface area contributed by atoms with Crippen LogP contribution in [0, 0.1) is 12.1 Å². The third-order valence-electron chi connectivity index (χ3n) is 1.54. The van der Waals surface area contributed by atoms with Crippen LogP contribution in [0.3, 0.4) is 0 Å². The summed E-state index contributed by atoms with van der Waals surface area (Å²) in [6.45, 7) is 1.60. The normalized spacial score (nSPS) is 13.6. The number of benzene rings is 1. The summed E-state index contributed by atoms with van der Waals surface area (Å²) in [5.41, 5.74) is -1.24. The lowest BCUT2D eigenvalue weighted by Gasteiger charge is -2.13. The van der Waals surface area contributed by atoms with Crippen molar-refractivity contribution in [2.45, 2.75) is 18.8 Å². The molecule has 1 N–H and O–H groups in total. The monoisotopic (exact) mass is 214 g/mol. The maximum absolute atomic E-state index is 10.8. The zero-order chi connectivity index (χ0) is 10.6. The molecule has 76 valence electrons. The first-order valence-electron chi connectivity index (χ1n) is 4.04. The van der Waals surface area contributed by atoms with E-state index in [9.17, 15) is 8.42 Å². The predicted molar refractivity (Wildman–Crippen MR) is 50.4 cm³/mol. The molecule has 0 aliphatic rings. The van der Waals surface area contributed by atoms with E-state index in [1.807, 2.05) is 0 Å². The van der Waals surface area contributed by atoms with Crippen LogP contribution in [-0.4, -0.2) is 18.4 Å². The molecule has 0 saturated heterocycles. The smallest absolute Gasteiger partial charge is 0.303 e. The van der Waals surface area contributed by atoms with Crippen LogP contribution in [0.1, 0.15) is 13.3 Å². The van der Waals surface area contributed by atoms with Crippen LogP contribution in [0.5, 0.6) is 5.75 Å². The summed E-state index contributed by atoms with van der Waals surface area (Å²) in [5, 5.41) is 0. The first-order chi connectivity index (χ1) is 6.54. The van der Waals surface area contributed by atoms with E-state index in [4.69, 9.17) is 9.29 Å². The summed E-state index contributed by atoms with van der Waals surface area (Å²) in [5.74, 6) is 0.247.